The number of halogens is 2. The Labute approximate surface area is 117 Å². The van der Waals surface area contributed by atoms with Crippen molar-refractivity contribution in [2.24, 2.45) is 5.92 Å². The molecule has 1 aliphatic rings. The van der Waals surface area contributed by atoms with E-state index >= 15 is 0 Å². The molecule has 0 bridgehead atoms. The van der Waals surface area contributed by atoms with Crippen molar-refractivity contribution in [2.75, 3.05) is 6.54 Å². The summed E-state index contributed by atoms with van der Waals surface area (Å²) in [5, 5.41) is 0.550. The smallest absolute Gasteiger partial charge is 0.255 e. The first-order chi connectivity index (χ1) is 8.50. The van der Waals surface area contributed by atoms with Crippen LogP contribution in [0.3, 0.4) is 0 Å². The number of piperidine rings is 1. The predicted molar refractivity (Wildman–Crippen MR) is 73.2 cm³/mol. The monoisotopic (exact) mass is 286 g/mol. The number of likely N-dealkylation sites (tertiary alicyclic amines) is 1. The van der Waals surface area contributed by atoms with Crippen molar-refractivity contribution < 1.29 is 4.79 Å². The van der Waals surface area contributed by atoms with Gasteiger partial charge < -0.3 is 4.90 Å². The van der Waals surface area contributed by atoms with Crippen LogP contribution in [-0.2, 0) is 0 Å². The normalized spacial score (nSPS) is 24.1. The lowest BCUT2D eigenvalue weighted by molar-refractivity contribution is 0.0550. The SMILES string of the molecule is CC1CCCN(C(=O)c2cnc(Cl)c(Cl)c2)C1C. The highest BCUT2D eigenvalue weighted by Gasteiger charge is 2.29. The summed E-state index contributed by atoms with van der Waals surface area (Å²) < 4.78 is 0. The third kappa shape index (κ3) is 2.62. The van der Waals surface area contributed by atoms with E-state index in [0.717, 1.165) is 13.0 Å². The Balaban J connectivity index is 2.22. The summed E-state index contributed by atoms with van der Waals surface area (Å²) in [4.78, 5) is 18.2. The lowest BCUT2D eigenvalue weighted by Gasteiger charge is -2.38. The molecule has 1 saturated heterocycles. The average Bonchev–Trinajstić information content (AvgIpc) is 2.35. The fourth-order valence-corrected chi connectivity index (χ4v) is 2.60. The minimum atomic E-state index is -0.0138. The van der Waals surface area contributed by atoms with E-state index in [9.17, 15) is 4.79 Å². The first kappa shape index (κ1) is 13.6. The zero-order chi connectivity index (χ0) is 13.3. The van der Waals surface area contributed by atoms with Crippen LogP contribution in [0.4, 0.5) is 0 Å². The van der Waals surface area contributed by atoms with Crippen LogP contribution >= 0.6 is 23.2 Å². The maximum absolute atomic E-state index is 12.4. The van der Waals surface area contributed by atoms with Crippen molar-refractivity contribution in [1.82, 2.24) is 9.88 Å². The van der Waals surface area contributed by atoms with Crippen molar-refractivity contribution in [2.45, 2.75) is 32.7 Å². The van der Waals surface area contributed by atoms with Gasteiger partial charge in [0.25, 0.3) is 5.91 Å². The molecule has 0 spiro atoms. The molecule has 1 aromatic heterocycles. The maximum Gasteiger partial charge on any atom is 0.255 e. The van der Waals surface area contributed by atoms with E-state index in [-0.39, 0.29) is 17.1 Å². The van der Waals surface area contributed by atoms with Crippen molar-refractivity contribution in [3.05, 3.63) is 28.0 Å². The zero-order valence-corrected chi connectivity index (χ0v) is 12.0. The molecule has 0 radical (unpaired) electrons. The molecule has 1 aromatic rings. The van der Waals surface area contributed by atoms with Gasteiger partial charge in [-0.25, -0.2) is 4.98 Å². The standard InChI is InChI=1S/C13H16Cl2N2O/c1-8-4-3-5-17(9(8)2)13(18)10-6-11(14)12(15)16-7-10/h6-9H,3-5H2,1-2H3. The van der Waals surface area contributed by atoms with Crippen LogP contribution in [0, 0.1) is 5.92 Å². The van der Waals surface area contributed by atoms with Gasteiger partial charge >= 0.3 is 0 Å². The fourth-order valence-electron chi connectivity index (χ4n) is 2.33. The Morgan fingerprint density at radius 1 is 1.44 bits per heavy atom. The molecule has 1 aliphatic heterocycles. The quantitative estimate of drug-likeness (QED) is 0.739. The fraction of sp³-hybridized carbons (Fsp3) is 0.538. The molecule has 2 unspecified atom stereocenters. The van der Waals surface area contributed by atoms with Gasteiger partial charge in [-0.05, 0) is 31.7 Å². The summed E-state index contributed by atoms with van der Waals surface area (Å²) >= 11 is 11.7. The summed E-state index contributed by atoms with van der Waals surface area (Å²) in [6.45, 7) is 5.06. The number of nitrogens with zero attached hydrogens (tertiary/aromatic N) is 2. The van der Waals surface area contributed by atoms with Gasteiger partial charge in [-0.15, -0.1) is 0 Å². The van der Waals surface area contributed by atoms with Crippen LogP contribution in [0.2, 0.25) is 10.2 Å². The summed E-state index contributed by atoms with van der Waals surface area (Å²) in [6, 6.07) is 1.84. The minimum absolute atomic E-state index is 0.0138. The Bertz CT molecular complexity index is 464. The topological polar surface area (TPSA) is 33.2 Å². The van der Waals surface area contributed by atoms with E-state index < -0.39 is 0 Å². The summed E-state index contributed by atoms with van der Waals surface area (Å²) in [5.74, 6) is 0.513. The molecule has 0 aliphatic carbocycles. The first-order valence-corrected chi connectivity index (χ1v) is 6.88. The highest BCUT2D eigenvalue weighted by molar-refractivity contribution is 6.41. The van der Waals surface area contributed by atoms with Gasteiger partial charge in [0.1, 0.15) is 5.15 Å². The van der Waals surface area contributed by atoms with Gasteiger partial charge in [0, 0.05) is 18.8 Å². The van der Waals surface area contributed by atoms with Crippen molar-refractivity contribution in [1.29, 1.82) is 0 Å². The Hall–Kier alpha value is -0.800. The Morgan fingerprint density at radius 2 is 2.17 bits per heavy atom. The molecule has 0 saturated carbocycles. The lowest BCUT2D eigenvalue weighted by Crippen LogP contribution is -2.46. The largest absolute Gasteiger partial charge is 0.336 e. The van der Waals surface area contributed by atoms with E-state index in [1.165, 1.54) is 12.6 Å². The van der Waals surface area contributed by atoms with Crippen LogP contribution in [0.1, 0.15) is 37.0 Å². The molecule has 18 heavy (non-hydrogen) atoms. The second-order valence-corrected chi connectivity index (χ2v) is 5.62. The van der Waals surface area contributed by atoms with Gasteiger partial charge in [-0.1, -0.05) is 30.1 Å². The van der Waals surface area contributed by atoms with Crippen molar-refractivity contribution in [3.63, 3.8) is 0 Å². The predicted octanol–water partition coefficient (Wildman–Crippen LogP) is 3.65. The Morgan fingerprint density at radius 3 is 2.83 bits per heavy atom. The molecule has 0 aromatic carbocycles. The van der Waals surface area contributed by atoms with E-state index in [4.69, 9.17) is 23.2 Å². The average molecular weight is 287 g/mol. The summed E-state index contributed by atoms with van der Waals surface area (Å²) in [7, 11) is 0. The van der Waals surface area contributed by atoms with E-state index in [0.29, 0.717) is 16.5 Å². The number of amides is 1. The number of hydrogen-bond acceptors (Lipinski definition) is 2. The van der Waals surface area contributed by atoms with E-state index in [2.05, 4.69) is 18.8 Å². The second-order valence-electron chi connectivity index (χ2n) is 4.86. The highest BCUT2D eigenvalue weighted by atomic mass is 35.5. The number of aromatic nitrogens is 1. The van der Waals surface area contributed by atoms with Gasteiger partial charge in [0.05, 0.1) is 10.6 Å². The number of carbonyl (C=O) groups excluding carboxylic acids is 1. The molecule has 5 heteroatoms. The Kier molecular flexibility index (Phi) is 4.13. The molecule has 1 amide bonds. The molecule has 3 nitrogen and oxygen atoms in total. The molecule has 2 atom stereocenters. The second kappa shape index (κ2) is 5.45. The van der Waals surface area contributed by atoms with Crippen LogP contribution in [0.25, 0.3) is 0 Å². The van der Waals surface area contributed by atoms with Gasteiger partial charge in [-0.2, -0.15) is 0 Å². The number of carbonyl (C=O) groups is 1. The number of rotatable bonds is 1. The first-order valence-electron chi connectivity index (χ1n) is 6.12. The van der Waals surface area contributed by atoms with Crippen LogP contribution in [-0.4, -0.2) is 28.4 Å². The molecule has 0 N–H and O–H groups in total. The van der Waals surface area contributed by atoms with E-state index in [1.807, 2.05) is 4.90 Å². The number of pyridine rings is 1. The third-order valence-electron chi connectivity index (χ3n) is 3.68. The van der Waals surface area contributed by atoms with Crippen molar-refractivity contribution >= 4 is 29.1 Å². The van der Waals surface area contributed by atoms with Crippen LogP contribution in [0.5, 0.6) is 0 Å². The molecule has 2 heterocycles. The van der Waals surface area contributed by atoms with Crippen LogP contribution in [0.15, 0.2) is 12.3 Å². The van der Waals surface area contributed by atoms with Gasteiger partial charge in [0.2, 0.25) is 0 Å². The minimum Gasteiger partial charge on any atom is -0.336 e. The van der Waals surface area contributed by atoms with Crippen LogP contribution < -0.4 is 0 Å². The highest BCUT2D eigenvalue weighted by Crippen LogP contribution is 2.26. The summed E-state index contributed by atoms with van der Waals surface area (Å²) in [5.41, 5.74) is 0.505. The lowest BCUT2D eigenvalue weighted by atomic mass is 9.91. The van der Waals surface area contributed by atoms with Crippen molar-refractivity contribution in [3.8, 4) is 0 Å². The molecule has 2 rings (SSSR count). The molecular weight excluding hydrogens is 271 g/mol. The van der Waals surface area contributed by atoms with Gasteiger partial charge in [-0.3, -0.25) is 4.79 Å². The molecule has 98 valence electrons. The van der Waals surface area contributed by atoms with Gasteiger partial charge in [0.15, 0.2) is 0 Å². The molecular formula is C13H16Cl2N2O. The van der Waals surface area contributed by atoms with E-state index in [1.54, 1.807) is 6.07 Å². The maximum atomic E-state index is 12.4. The number of hydrogen-bond donors (Lipinski definition) is 0. The summed E-state index contributed by atoms with van der Waals surface area (Å²) in [6.07, 6.45) is 3.71. The zero-order valence-electron chi connectivity index (χ0n) is 10.5. The third-order valence-corrected chi connectivity index (χ3v) is 4.36. The molecule has 1 fully saturated rings.